The number of rotatable bonds is 6. The summed E-state index contributed by atoms with van der Waals surface area (Å²) in [7, 11) is 0. The van der Waals surface area contributed by atoms with E-state index < -0.39 is 6.09 Å². The van der Waals surface area contributed by atoms with Crippen LogP contribution in [-0.4, -0.2) is 36.1 Å². The highest BCUT2D eigenvalue weighted by Gasteiger charge is 2.28. The van der Waals surface area contributed by atoms with E-state index in [1.807, 2.05) is 30.3 Å². The number of anilines is 1. The van der Waals surface area contributed by atoms with Gasteiger partial charge in [0.2, 0.25) is 0 Å². The quantitative estimate of drug-likeness (QED) is 0.440. The van der Waals surface area contributed by atoms with Crippen molar-refractivity contribution >= 4 is 22.7 Å². The molecule has 1 saturated heterocycles. The molecule has 5 rings (SSSR count). The fourth-order valence-electron chi connectivity index (χ4n) is 4.67. The van der Waals surface area contributed by atoms with Crippen molar-refractivity contribution in [3.63, 3.8) is 0 Å². The maximum Gasteiger partial charge on any atom is 0.411 e. The third kappa shape index (κ3) is 4.62. The first-order valence-electron chi connectivity index (χ1n) is 12.2. The van der Waals surface area contributed by atoms with Gasteiger partial charge < -0.3 is 18.8 Å². The largest absolute Gasteiger partial charge is 0.490 e. The second-order valence-corrected chi connectivity index (χ2v) is 9.38. The summed E-state index contributed by atoms with van der Waals surface area (Å²) >= 11 is 0. The van der Waals surface area contributed by atoms with Crippen LogP contribution in [0.2, 0.25) is 0 Å². The number of halogens is 1. The lowest BCUT2D eigenvalue weighted by atomic mass is 9.92. The first-order chi connectivity index (χ1) is 16.5. The number of amides is 1. The Morgan fingerprint density at radius 1 is 1.09 bits per heavy atom. The lowest BCUT2D eigenvalue weighted by molar-refractivity contribution is 0.0256. The summed E-state index contributed by atoms with van der Waals surface area (Å²) in [4.78, 5) is 11.9. The molecule has 1 amide bonds. The van der Waals surface area contributed by atoms with Gasteiger partial charge in [0, 0.05) is 41.6 Å². The van der Waals surface area contributed by atoms with E-state index in [1.54, 1.807) is 26.0 Å². The van der Waals surface area contributed by atoms with Crippen LogP contribution in [0.15, 0.2) is 42.5 Å². The Kier molecular flexibility index (Phi) is 6.46. The van der Waals surface area contributed by atoms with Crippen LogP contribution in [0.5, 0.6) is 5.75 Å². The number of nitrogens with one attached hydrogen (secondary N) is 1. The van der Waals surface area contributed by atoms with E-state index in [0.29, 0.717) is 30.0 Å². The van der Waals surface area contributed by atoms with Gasteiger partial charge in [-0.3, -0.25) is 5.32 Å². The topological polar surface area (TPSA) is 61.7 Å². The third-order valence-electron chi connectivity index (χ3n) is 6.57. The number of benzene rings is 2. The van der Waals surface area contributed by atoms with E-state index in [2.05, 4.69) is 9.88 Å². The standard InChI is InChI=1S/C27H31FN2O4/c1-17(2)33-27(31)29-19-8-6-18(7-9-19)26-25(28)23-11-10-22(34-21-12-14-32-15-13-21)16-24(23)30(26)20-4-3-5-20/h6-11,16-17,20-21H,3-5,12-15H2,1-2H3,(H,29,31). The molecule has 0 unspecified atom stereocenters. The second-order valence-electron chi connectivity index (χ2n) is 9.38. The normalized spacial score (nSPS) is 17.1. The average Bonchev–Trinajstić information content (AvgIpc) is 3.05. The van der Waals surface area contributed by atoms with Crippen molar-refractivity contribution in [3.8, 4) is 17.0 Å². The monoisotopic (exact) mass is 466 g/mol. The highest BCUT2D eigenvalue weighted by atomic mass is 19.1. The number of carbonyl (C=O) groups is 1. The maximum absolute atomic E-state index is 15.8. The van der Waals surface area contributed by atoms with Crippen molar-refractivity contribution in [3.05, 3.63) is 48.3 Å². The summed E-state index contributed by atoms with van der Waals surface area (Å²) in [5.74, 6) is 0.548. The maximum atomic E-state index is 15.8. The average molecular weight is 467 g/mol. The van der Waals surface area contributed by atoms with E-state index in [4.69, 9.17) is 14.2 Å². The molecule has 1 aliphatic heterocycles. The molecule has 2 aromatic carbocycles. The van der Waals surface area contributed by atoms with Gasteiger partial charge in [-0.05, 0) is 57.4 Å². The molecule has 0 atom stereocenters. The lowest BCUT2D eigenvalue weighted by Gasteiger charge is -2.30. The van der Waals surface area contributed by atoms with Crippen molar-refractivity contribution in [1.82, 2.24) is 4.57 Å². The Bertz CT molecular complexity index is 1160. The van der Waals surface area contributed by atoms with Crippen LogP contribution in [0.4, 0.5) is 14.9 Å². The van der Waals surface area contributed by atoms with E-state index in [9.17, 15) is 4.79 Å². The minimum absolute atomic E-state index is 0.130. The van der Waals surface area contributed by atoms with Crippen LogP contribution in [0.3, 0.4) is 0 Å². The number of hydrogen-bond donors (Lipinski definition) is 1. The molecule has 1 aromatic heterocycles. The number of nitrogens with zero attached hydrogens (tertiary/aromatic N) is 1. The van der Waals surface area contributed by atoms with E-state index in [1.165, 1.54) is 0 Å². The summed E-state index contributed by atoms with van der Waals surface area (Å²) < 4.78 is 34.7. The molecule has 1 saturated carbocycles. The molecule has 6 nitrogen and oxygen atoms in total. The number of fused-ring (bicyclic) bond motifs is 1. The molecule has 2 fully saturated rings. The highest BCUT2D eigenvalue weighted by molar-refractivity contribution is 5.90. The van der Waals surface area contributed by atoms with Gasteiger partial charge in [0.15, 0.2) is 5.82 Å². The van der Waals surface area contributed by atoms with Gasteiger partial charge in [-0.25, -0.2) is 9.18 Å². The van der Waals surface area contributed by atoms with Gasteiger partial charge in [-0.1, -0.05) is 12.1 Å². The molecular weight excluding hydrogens is 435 g/mol. The van der Waals surface area contributed by atoms with E-state index in [-0.39, 0.29) is 24.1 Å². The van der Waals surface area contributed by atoms with Crippen LogP contribution in [0.1, 0.15) is 52.0 Å². The molecule has 2 heterocycles. The summed E-state index contributed by atoms with van der Waals surface area (Å²) in [5, 5.41) is 3.31. The summed E-state index contributed by atoms with van der Waals surface area (Å²) in [5.41, 5.74) is 2.83. The first-order valence-corrected chi connectivity index (χ1v) is 12.2. The molecule has 3 aromatic rings. The zero-order valence-electron chi connectivity index (χ0n) is 19.7. The first kappa shape index (κ1) is 22.7. The molecule has 7 heteroatoms. The smallest absolute Gasteiger partial charge is 0.411 e. The summed E-state index contributed by atoms with van der Waals surface area (Å²) in [6.45, 7) is 5.02. The van der Waals surface area contributed by atoms with Crippen LogP contribution < -0.4 is 10.1 Å². The number of carbonyl (C=O) groups excluding carboxylic acids is 1. The van der Waals surface area contributed by atoms with Gasteiger partial charge in [0.25, 0.3) is 0 Å². The van der Waals surface area contributed by atoms with E-state index >= 15 is 4.39 Å². The van der Waals surface area contributed by atoms with Gasteiger partial charge in [0.05, 0.1) is 30.5 Å². The minimum atomic E-state index is -0.505. The molecule has 34 heavy (non-hydrogen) atoms. The van der Waals surface area contributed by atoms with Gasteiger partial charge in [0.1, 0.15) is 11.9 Å². The van der Waals surface area contributed by atoms with Crippen LogP contribution in [0, 0.1) is 5.82 Å². The van der Waals surface area contributed by atoms with Gasteiger partial charge >= 0.3 is 6.09 Å². The number of ether oxygens (including phenoxy) is 3. The molecule has 0 radical (unpaired) electrons. The van der Waals surface area contributed by atoms with Crippen LogP contribution in [0.25, 0.3) is 22.2 Å². The minimum Gasteiger partial charge on any atom is -0.490 e. The lowest BCUT2D eigenvalue weighted by Crippen LogP contribution is -2.25. The number of hydrogen-bond acceptors (Lipinski definition) is 4. The molecule has 0 bridgehead atoms. The van der Waals surface area contributed by atoms with Gasteiger partial charge in [-0.15, -0.1) is 0 Å². The zero-order chi connectivity index (χ0) is 23.7. The van der Waals surface area contributed by atoms with Crippen LogP contribution >= 0.6 is 0 Å². The summed E-state index contributed by atoms with van der Waals surface area (Å²) in [6.07, 6.45) is 4.36. The van der Waals surface area contributed by atoms with Crippen molar-refractivity contribution in [1.29, 1.82) is 0 Å². The van der Waals surface area contributed by atoms with Crippen LogP contribution in [-0.2, 0) is 9.47 Å². The Morgan fingerprint density at radius 2 is 1.82 bits per heavy atom. The highest BCUT2D eigenvalue weighted by Crippen LogP contribution is 2.43. The summed E-state index contributed by atoms with van der Waals surface area (Å²) in [6, 6.07) is 13.2. The predicted octanol–water partition coefficient (Wildman–Crippen LogP) is 6.69. The van der Waals surface area contributed by atoms with Gasteiger partial charge in [-0.2, -0.15) is 0 Å². The van der Waals surface area contributed by atoms with E-state index in [0.717, 1.165) is 48.9 Å². The Labute approximate surface area is 199 Å². The second kappa shape index (κ2) is 9.66. The molecule has 1 aliphatic carbocycles. The van der Waals surface area contributed by atoms with Crippen molar-refractivity contribution < 1.29 is 23.4 Å². The number of aromatic nitrogens is 1. The van der Waals surface area contributed by atoms with Crippen molar-refractivity contribution in [2.24, 2.45) is 0 Å². The SMILES string of the molecule is CC(C)OC(=O)Nc1ccc(-c2c(F)c3ccc(OC4CCOCC4)cc3n2C2CCC2)cc1. The fraction of sp³-hybridized carbons (Fsp3) is 0.444. The van der Waals surface area contributed by atoms with Crippen molar-refractivity contribution in [2.75, 3.05) is 18.5 Å². The Hall–Kier alpha value is -3.06. The Balaban J connectivity index is 1.47. The molecule has 1 N–H and O–H groups in total. The molecular formula is C27H31FN2O4. The van der Waals surface area contributed by atoms with Crippen molar-refractivity contribution in [2.45, 2.75) is 64.2 Å². The molecule has 2 aliphatic rings. The third-order valence-corrected chi connectivity index (χ3v) is 6.57. The molecule has 0 spiro atoms. The zero-order valence-corrected chi connectivity index (χ0v) is 19.7. The molecule has 180 valence electrons. The Morgan fingerprint density at radius 3 is 2.47 bits per heavy atom. The fourth-order valence-corrected chi connectivity index (χ4v) is 4.67. The predicted molar refractivity (Wildman–Crippen MR) is 130 cm³/mol.